The smallest absolute Gasteiger partial charge is 0.223 e. The van der Waals surface area contributed by atoms with E-state index in [1.165, 1.54) is 13.0 Å². The van der Waals surface area contributed by atoms with Crippen LogP contribution < -0.4 is 0 Å². The zero-order chi connectivity index (χ0) is 10.9. The van der Waals surface area contributed by atoms with Crippen molar-refractivity contribution in [2.75, 3.05) is 0 Å². The summed E-state index contributed by atoms with van der Waals surface area (Å²) < 4.78 is 0. The molecule has 0 fully saturated rings. The van der Waals surface area contributed by atoms with Gasteiger partial charge in [-0.1, -0.05) is 20.8 Å². The summed E-state index contributed by atoms with van der Waals surface area (Å²) in [5.74, 6) is 0.0936. The van der Waals surface area contributed by atoms with Crippen molar-refractivity contribution >= 4 is 11.7 Å². The lowest BCUT2D eigenvalue weighted by Gasteiger charge is -2.39. The Bertz CT molecular complexity index is 286. The van der Waals surface area contributed by atoms with E-state index in [4.69, 9.17) is 0 Å². The Morgan fingerprint density at radius 3 is 2.50 bits per heavy atom. The molecule has 0 spiro atoms. The first-order valence-electron chi connectivity index (χ1n) is 4.82. The van der Waals surface area contributed by atoms with Gasteiger partial charge < -0.3 is 4.90 Å². The number of allylic oxidation sites excluding steroid dienone is 1. The summed E-state index contributed by atoms with van der Waals surface area (Å²) in [5.41, 5.74) is -0.0634. The molecule has 0 saturated carbocycles. The van der Waals surface area contributed by atoms with E-state index in [-0.39, 0.29) is 23.1 Å². The fraction of sp³-hybridized carbons (Fsp3) is 0.636. The molecule has 0 bridgehead atoms. The van der Waals surface area contributed by atoms with Gasteiger partial charge in [0.15, 0.2) is 5.78 Å². The molecule has 0 aromatic heterocycles. The highest BCUT2D eigenvalue weighted by Crippen LogP contribution is 2.29. The molecule has 1 aliphatic rings. The number of rotatable bonds is 0. The topological polar surface area (TPSA) is 37.4 Å². The average Bonchev–Trinajstić information content (AvgIpc) is 2.01. The van der Waals surface area contributed by atoms with Crippen LogP contribution in [0, 0.1) is 5.41 Å². The molecule has 1 unspecified atom stereocenters. The summed E-state index contributed by atoms with van der Waals surface area (Å²) in [4.78, 5) is 24.2. The van der Waals surface area contributed by atoms with Crippen LogP contribution in [0.25, 0.3) is 0 Å². The summed E-state index contributed by atoms with van der Waals surface area (Å²) in [5, 5.41) is 0. The van der Waals surface area contributed by atoms with Crippen LogP contribution in [0.5, 0.6) is 0 Å². The molecule has 0 N–H and O–H groups in total. The van der Waals surface area contributed by atoms with Gasteiger partial charge in [-0.2, -0.15) is 0 Å². The van der Waals surface area contributed by atoms with Gasteiger partial charge in [-0.15, -0.1) is 0 Å². The third-order valence-corrected chi connectivity index (χ3v) is 2.51. The normalized spacial score (nSPS) is 22.7. The minimum atomic E-state index is -0.0634. The van der Waals surface area contributed by atoms with Gasteiger partial charge in [0.25, 0.3) is 0 Å². The maximum Gasteiger partial charge on any atom is 0.223 e. The van der Waals surface area contributed by atoms with Crippen LogP contribution in [-0.2, 0) is 9.59 Å². The maximum atomic E-state index is 11.3. The van der Waals surface area contributed by atoms with E-state index >= 15 is 0 Å². The van der Waals surface area contributed by atoms with Crippen LogP contribution >= 0.6 is 0 Å². The van der Waals surface area contributed by atoms with Crippen molar-refractivity contribution in [3.05, 3.63) is 12.3 Å². The zero-order valence-electron chi connectivity index (χ0n) is 9.20. The van der Waals surface area contributed by atoms with Crippen molar-refractivity contribution in [2.24, 2.45) is 5.41 Å². The number of carbonyl (C=O) groups excluding carboxylic acids is 2. The van der Waals surface area contributed by atoms with E-state index in [1.807, 2.05) is 20.8 Å². The lowest BCUT2D eigenvalue weighted by molar-refractivity contribution is -0.132. The van der Waals surface area contributed by atoms with Gasteiger partial charge in [0.05, 0.1) is 0 Å². The first kappa shape index (κ1) is 11.0. The Morgan fingerprint density at radius 1 is 1.50 bits per heavy atom. The summed E-state index contributed by atoms with van der Waals surface area (Å²) in [7, 11) is 0. The third-order valence-electron chi connectivity index (χ3n) is 2.51. The number of nitrogens with zero attached hydrogens (tertiary/aromatic N) is 1. The summed E-state index contributed by atoms with van der Waals surface area (Å²) >= 11 is 0. The molecule has 1 heterocycles. The van der Waals surface area contributed by atoms with E-state index in [1.54, 1.807) is 11.1 Å². The van der Waals surface area contributed by atoms with Gasteiger partial charge in [-0.25, -0.2) is 0 Å². The van der Waals surface area contributed by atoms with Gasteiger partial charge in [0, 0.05) is 25.6 Å². The summed E-state index contributed by atoms with van der Waals surface area (Å²) in [6.45, 7) is 7.65. The zero-order valence-corrected chi connectivity index (χ0v) is 9.20. The van der Waals surface area contributed by atoms with Crippen LogP contribution in [-0.4, -0.2) is 22.6 Å². The Morgan fingerprint density at radius 2 is 2.07 bits per heavy atom. The Balaban J connectivity index is 2.96. The first-order chi connectivity index (χ1) is 6.32. The second-order valence-corrected chi connectivity index (χ2v) is 4.79. The molecule has 0 aromatic rings. The lowest BCUT2D eigenvalue weighted by Crippen LogP contribution is -2.46. The number of carbonyl (C=O) groups is 2. The van der Waals surface area contributed by atoms with E-state index in [2.05, 4.69) is 0 Å². The molecule has 0 radical (unpaired) electrons. The Kier molecular flexibility index (Phi) is 2.79. The van der Waals surface area contributed by atoms with E-state index < -0.39 is 0 Å². The molecule has 0 aromatic carbocycles. The molecule has 1 atom stereocenters. The molecule has 3 nitrogen and oxygen atoms in total. The molecule has 0 saturated heterocycles. The molecule has 14 heavy (non-hydrogen) atoms. The van der Waals surface area contributed by atoms with E-state index in [9.17, 15) is 9.59 Å². The number of ketones is 1. The molecule has 1 amide bonds. The highest BCUT2D eigenvalue weighted by atomic mass is 16.2. The SMILES string of the molecule is CC(=O)N1C=CC(=O)CC1C(C)(C)C. The van der Waals surface area contributed by atoms with Gasteiger partial charge >= 0.3 is 0 Å². The highest BCUT2D eigenvalue weighted by molar-refractivity contribution is 5.92. The van der Waals surface area contributed by atoms with Crippen molar-refractivity contribution in [3.63, 3.8) is 0 Å². The third kappa shape index (κ3) is 2.22. The van der Waals surface area contributed by atoms with Crippen molar-refractivity contribution in [3.8, 4) is 0 Å². The van der Waals surface area contributed by atoms with Gasteiger partial charge in [0.1, 0.15) is 0 Å². The Hall–Kier alpha value is -1.12. The second kappa shape index (κ2) is 3.56. The lowest BCUT2D eigenvalue weighted by atomic mass is 9.81. The molecule has 0 aliphatic carbocycles. The van der Waals surface area contributed by atoms with Crippen LogP contribution in [0.2, 0.25) is 0 Å². The summed E-state index contributed by atoms with van der Waals surface area (Å²) in [6.07, 6.45) is 3.51. The van der Waals surface area contributed by atoms with Gasteiger partial charge in [-0.05, 0) is 11.5 Å². The predicted molar refractivity (Wildman–Crippen MR) is 54.5 cm³/mol. The maximum absolute atomic E-state index is 11.3. The quantitative estimate of drug-likeness (QED) is 0.590. The first-order valence-corrected chi connectivity index (χ1v) is 4.82. The Labute approximate surface area is 84.8 Å². The fourth-order valence-corrected chi connectivity index (χ4v) is 1.67. The predicted octanol–water partition coefficient (Wildman–Crippen LogP) is 1.74. The minimum Gasteiger partial charge on any atom is -0.315 e. The van der Waals surface area contributed by atoms with E-state index in [0.717, 1.165) is 0 Å². The van der Waals surface area contributed by atoms with Crippen molar-refractivity contribution in [2.45, 2.75) is 40.2 Å². The standard InChI is InChI=1S/C11H17NO2/c1-8(13)12-6-5-9(14)7-10(12)11(2,3)4/h5-6,10H,7H2,1-4H3. The van der Waals surface area contributed by atoms with Crippen molar-refractivity contribution in [1.29, 1.82) is 0 Å². The molecule has 78 valence electrons. The summed E-state index contributed by atoms with van der Waals surface area (Å²) in [6, 6.07) is -0.0162. The number of hydrogen-bond acceptors (Lipinski definition) is 2. The molecule has 1 rings (SSSR count). The van der Waals surface area contributed by atoms with Crippen LogP contribution in [0.4, 0.5) is 0 Å². The molecular formula is C11H17NO2. The highest BCUT2D eigenvalue weighted by Gasteiger charge is 2.34. The molecular weight excluding hydrogens is 178 g/mol. The number of hydrogen-bond donors (Lipinski definition) is 0. The fourth-order valence-electron chi connectivity index (χ4n) is 1.67. The second-order valence-electron chi connectivity index (χ2n) is 4.79. The monoisotopic (exact) mass is 195 g/mol. The van der Waals surface area contributed by atoms with Crippen LogP contribution in [0.15, 0.2) is 12.3 Å². The van der Waals surface area contributed by atoms with Gasteiger partial charge in [0.2, 0.25) is 5.91 Å². The molecule has 3 heteroatoms. The average molecular weight is 195 g/mol. The minimum absolute atomic E-state index is 0.00586. The van der Waals surface area contributed by atoms with Gasteiger partial charge in [-0.3, -0.25) is 9.59 Å². The van der Waals surface area contributed by atoms with Crippen molar-refractivity contribution in [1.82, 2.24) is 4.90 Å². The van der Waals surface area contributed by atoms with E-state index in [0.29, 0.717) is 6.42 Å². The van der Waals surface area contributed by atoms with Crippen LogP contribution in [0.1, 0.15) is 34.1 Å². The van der Waals surface area contributed by atoms with Crippen molar-refractivity contribution < 1.29 is 9.59 Å². The largest absolute Gasteiger partial charge is 0.315 e. The number of amides is 1. The molecule has 1 aliphatic heterocycles. The van der Waals surface area contributed by atoms with Crippen LogP contribution in [0.3, 0.4) is 0 Å².